The van der Waals surface area contributed by atoms with Crippen LogP contribution in [0.1, 0.15) is 30.1 Å². The van der Waals surface area contributed by atoms with Crippen molar-refractivity contribution in [1.82, 2.24) is 4.90 Å². The first-order valence-corrected chi connectivity index (χ1v) is 7.19. The molecule has 0 radical (unpaired) electrons. The molecular weight excluding hydrogens is 262 g/mol. The highest BCUT2D eigenvalue weighted by molar-refractivity contribution is 5.89. The van der Waals surface area contributed by atoms with Crippen molar-refractivity contribution in [3.05, 3.63) is 71.8 Å². The molecule has 21 heavy (non-hydrogen) atoms. The van der Waals surface area contributed by atoms with Crippen LogP contribution < -0.4 is 0 Å². The summed E-state index contributed by atoms with van der Waals surface area (Å²) in [5.74, 6) is 0.0581. The van der Waals surface area contributed by atoms with Crippen molar-refractivity contribution in [1.29, 1.82) is 0 Å². The van der Waals surface area contributed by atoms with Crippen LogP contribution in [0.3, 0.4) is 0 Å². The lowest BCUT2D eigenvalue weighted by atomic mass is 9.87. The molecule has 1 aliphatic heterocycles. The number of rotatable bonds is 4. The summed E-state index contributed by atoms with van der Waals surface area (Å²) >= 11 is 0. The van der Waals surface area contributed by atoms with Gasteiger partial charge in [-0.1, -0.05) is 60.7 Å². The summed E-state index contributed by atoms with van der Waals surface area (Å²) in [5, 5.41) is 0. The second-order valence-electron chi connectivity index (χ2n) is 5.34. The van der Waals surface area contributed by atoms with Crippen LogP contribution in [0.25, 0.3) is 0 Å². The third-order valence-corrected chi connectivity index (χ3v) is 4.18. The topological polar surface area (TPSA) is 29.5 Å². The van der Waals surface area contributed by atoms with Crippen molar-refractivity contribution in [3.63, 3.8) is 0 Å². The largest absolute Gasteiger partial charge is 0.369 e. The number of hydrogen-bond donors (Lipinski definition) is 0. The minimum atomic E-state index is -0.376. The van der Waals surface area contributed by atoms with Crippen LogP contribution in [0.2, 0.25) is 0 Å². The Hall–Kier alpha value is -2.13. The van der Waals surface area contributed by atoms with Crippen molar-refractivity contribution in [2.24, 2.45) is 0 Å². The zero-order chi connectivity index (χ0) is 14.8. The maximum Gasteiger partial charge on any atom is 0.255 e. The second-order valence-corrected chi connectivity index (χ2v) is 5.34. The zero-order valence-electron chi connectivity index (χ0n) is 12.3. The summed E-state index contributed by atoms with van der Waals surface area (Å²) in [6, 6.07) is 20.2. The van der Waals surface area contributed by atoms with Gasteiger partial charge in [-0.2, -0.15) is 0 Å². The van der Waals surface area contributed by atoms with E-state index in [9.17, 15) is 4.79 Å². The van der Waals surface area contributed by atoms with Gasteiger partial charge in [0.25, 0.3) is 5.91 Å². The average Bonchev–Trinajstić information content (AvgIpc) is 2.54. The molecule has 1 amide bonds. The van der Waals surface area contributed by atoms with E-state index in [1.165, 1.54) is 0 Å². The molecule has 1 fully saturated rings. The molecule has 0 unspecified atom stereocenters. The lowest BCUT2D eigenvalue weighted by Crippen LogP contribution is -2.60. The average molecular weight is 281 g/mol. The molecule has 1 aliphatic rings. The van der Waals surface area contributed by atoms with Crippen LogP contribution in [-0.2, 0) is 9.53 Å². The van der Waals surface area contributed by atoms with Crippen LogP contribution in [0.4, 0.5) is 0 Å². The van der Waals surface area contributed by atoms with Crippen molar-refractivity contribution >= 4 is 5.91 Å². The molecule has 0 bridgehead atoms. The normalized spacial score (nSPS) is 22.8. The maximum absolute atomic E-state index is 12.4. The number of carbonyl (C=O) groups is 1. The van der Waals surface area contributed by atoms with Gasteiger partial charge in [-0.3, -0.25) is 4.79 Å². The van der Waals surface area contributed by atoms with Gasteiger partial charge in [0.15, 0.2) is 6.10 Å². The molecule has 2 aromatic rings. The lowest BCUT2D eigenvalue weighted by molar-refractivity contribution is -0.176. The van der Waals surface area contributed by atoms with Crippen LogP contribution in [-0.4, -0.2) is 24.0 Å². The lowest BCUT2D eigenvalue weighted by Gasteiger charge is -2.49. The van der Waals surface area contributed by atoms with E-state index in [4.69, 9.17) is 4.74 Å². The Balaban J connectivity index is 1.91. The first kappa shape index (κ1) is 13.8. The molecule has 0 aromatic heterocycles. The third-order valence-electron chi connectivity index (χ3n) is 4.18. The third kappa shape index (κ3) is 2.34. The van der Waals surface area contributed by atoms with Gasteiger partial charge in [-0.05, 0) is 18.1 Å². The van der Waals surface area contributed by atoms with Gasteiger partial charge in [0.05, 0.1) is 12.1 Å². The Bertz CT molecular complexity index is 612. The number of methoxy groups -OCH3 is 1. The van der Waals surface area contributed by atoms with E-state index in [-0.39, 0.29) is 24.1 Å². The molecular formula is C18H19NO2. The highest BCUT2D eigenvalue weighted by Crippen LogP contribution is 2.42. The van der Waals surface area contributed by atoms with Crippen molar-refractivity contribution < 1.29 is 9.53 Å². The molecule has 3 atom stereocenters. The van der Waals surface area contributed by atoms with Gasteiger partial charge >= 0.3 is 0 Å². The van der Waals surface area contributed by atoms with E-state index in [2.05, 4.69) is 19.1 Å². The Morgan fingerprint density at radius 1 is 1.00 bits per heavy atom. The van der Waals surface area contributed by atoms with Crippen LogP contribution in [0, 0.1) is 0 Å². The molecule has 1 heterocycles. The standard InChI is InChI=1S/C18H19NO2/c1-13(14-9-5-3-6-10-14)19-16(17(21-2)18(19)20)15-11-7-4-8-12-15/h3-13,16-17H,1-2H3/t13-,16-,17+/m0/s1. The van der Waals surface area contributed by atoms with Crippen LogP contribution in [0.5, 0.6) is 0 Å². The number of carbonyl (C=O) groups excluding carboxylic acids is 1. The number of ether oxygens (including phenoxy) is 1. The fourth-order valence-corrected chi connectivity index (χ4v) is 3.02. The van der Waals surface area contributed by atoms with E-state index in [0.29, 0.717) is 0 Å². The van der Waals surface area contributed by atoms with Gasteiger partial charge in [0, 0.05) is 7.11 Å². The van der Waals surface area contributed by atoms with Gasteiger partial charge < -0.3 is 9.64 Å². The molecule has 0 spiro atoms. The summed E-state index contributed by atoms with van der Waals surface area (Å²) in [4.78, 5) is 14.3. The minimum Gasteiger partial charge on any atom is -0.369 e. The fraction of sp³-hybridized carbons (Fsp3) is 0.278. The molecule has 1 saturated heterocycles. The Labute approximate surface area is 125 Å². The monoisotopic (exact) mass is 281 g/mol. The summed E-state index contributed by atoms with van der Waals surface area (Å²) in [6.45, 7) is 2.06. The van der Waals surface area contributed by atoms with Gasteiger partial charge in [0.1, 0.15) is 0 Å². The van der Waals surface area contributed by atoms with Gasteiger partial charge in [0.2, 0.25) is 0 Å². The maximum atomic E-state index is 12.4. The number of hydrogen-bond acceptors (Lipinski definition) is 2. The minimum absolute atomic E-state index is 0.0149. The zero-order valence-corrected chi connectivity index (χ0v) is 12.3. The quantitative estimate of drug-likeness (QED) is 0.804. The number of likely N-dealkylation sites (tertiary alicyclic amines) is 1. The van der Waals surface area contributed by atoms with Crippen molar-refractivity contribution in [2.75, 3.05) is 7.11 Å². The van der Waals surface area contributed by atoms with E-state index >= 15 is 0 Å². The Morgan fingerprint density at radius 2 is 1.57 bits per heavy atom. The van der Waals surface area contributed by atoms with Crippen molar-refractivity contribution in [2.45, 2.75) is 25.1 Å². The van der Waals surface area contributed by atoms with Crippen molar-refractivity contribution in [3.8, 4) is 0 Å². The number of amides is 1. The smallest absolute Gasteiger partial charge is 0.255 e. The van der Waals surface area contributed by atoms with Gasteiger partial charge in [-0.15, -0.1) is 0 Å². The molecule has 0 saturated carbocycles. The summed E-state index contributed by atoms with van der Waals surface area (Å²) < 4.78 is 5.39. The van der Waals surface area contributed by atoms with Crippen LogP contribution in [0.15, 0.2) is 60.7 Å². The molecule has 2 aromatic carbocycles. The first-order chi connectivity index (χ1) is 10.2. The predicted octanol–water partition coefficient (Wildman–Crippen LogP) is 3.35. The van der Waals surface area contributed by atoms with E-state index in [1.54, 1.807) is 7.11 Å². The molecule has 3 nitrogen and oxygen atoms in total. The highest BCUT2D eigenvalue weighted by atomic mass is 16.5. The fourth-order valence-electron chi connectivity index (χ4n) is 3.02. The Morgan fingerprint density at radius 3 is 2.14 bits per heavy atom. The SMILES string of the molecule is CO[C@H]1C(=O)N([C@@H](C)c2ccccc2)[C@H]1c1ccccc1. The molecule has 0 N–H and O–H groups in total. The van der Waals surface area contributed by atoms with E-state index in [1.807, 2.05) is 53.4 Å². The van der Waals surface area contributed by atoms with E-state index < -0.39 is 0 Å². The second kappa shape index (κ2) is 5.70. The highest BCUT2D eigenvalue weighted by Gasteiger charge is 2.50. The molecule has 3 heteroatoms. The molecule has 3 rings (SSSR count). The molecule has 108 valence electrons. The van der Waals surface area contributed by atoms with Gasteiger partial charge in [-0.25, -0.2) is 0 Å². The van der Waals surface area contributed by atoms with Crippen LogP contribution >= 0.6 is 0 Å². The number of nitrogens with zero attached hydrogens (tertiary/aromatic N) is 1. The first-order valence-electron chi connectivity index (χ1n) is 7.19. The summed E-state index contributed by atoms with van der Waals surface area (Å²) in [7, 11) is 1.60. The Kier molecular flexibility index (Phi) is 3.76. The molecule has 0 aliphatic carbocycles. The number of β-lactam (4-membered cyclic amide) rings is 1. The number of benzene rings is 2. The summed E-state index contributed by atoms with van der Waals surface area (Å²) in [6.07, 6.45) is -0.376. The van der Waals surface area contributed by atoms with E-state index in [0.717, 1.165) is 11.1 Å². The summed E-state index contributed by atoms with van der Waals surface area (Å²) in [5.41, 5.74) is 2.26. The predicted molar refractivity (Wildman–Crippen MR) is 81.7 cm³/mol.